The van der Waals surface area contributed by atoms with Crippen LogP contribution in [0.3, 0.4) is 0 Å². The predicted octanol–water partition coefficient (Wildman–Crippen LogP) is 2.90. The molecule has 0 amide bonds. The molecule has 2 bridgehead atoms. The summed E-state index contributed by atoms with van der Waals surface area (Å²) in [5, 5.41) is 2.19. The number of benzene rings is 1. The zero-order valence-electron chi connectivity index (χ0n) is 13.1. The molecular weight excluding hydrogens is 272 g/mol. The molecule has 1 aliphatic carbocycles. The van der Waals surface area contributed by atoms with Gasteiger partial charge in [0.05, 0.1) is 0 Å². The number of fused-ring (bicyclic) bond motifs is 2. The van der Waals surface area contributed by atoms with Crippen LogP contribution in [0.4, 0.5) is 0 Å². The van der Waals surface area contributed by atoms with Crippen LogP contribution in [0.1, 0.15) is 42.9 Å². The molecule has 2 saturated heterocycles. The second-order valence-corrected chi connectivity index (χ2v) is 7.38. The topological polar surface area (TPSA) is 25.2 Å². The van der Waals surface area contributed by atoms with Crippen molar-refractivity contribution >= 4 is 10.8 Å². The fourth-order valence-electron chi connectivity index (χ4n) is 5.14. The van der Waals surface area contributed by atoms with Gasteiger partial charge in [-0.3, -0.25) is 4.79 Å². The summed E-state index contributed by atoms with van der Waals surface area (Å²) in [4.78, 5) is 15.6. The molecule has 2 unspecified atom stereocenters. The maximum Gasteiger partial charge on any atom is 0.258 e. The molecule has 3 aliphatic rings. The fourth-order valence-corrected chi connectivity index (χ4v) is 5.14. The summed E-state index contributed by atoms with van der Waals surface area (Å²) >= 11 is 0. The van der Waals surface area contributed by atoms with E-state index in [1.165, 1.54) is 29.4 Å². The van der Waals surface area contributed by atoms with Gasteiger partial charge in [0.2, 0.25) is 0 Å². The standard InChI is InChI=1S/C19H22N2O/c1-20-14-7-8-15(20)10-16(9-14)21-11-13-6-5-12-3-2-4-17(18(12)13)19(21)22/h2-4,11,14-16H,5-10H2,1H3. The molecule has 0 N–H and O–H groups in total. The Morgan fingerprint density at radius 3 is 2.50 bits per heavy atom. The summed E-state index contributed by atoms with van der Waals surface area (Å²) in [6, 6.07) is 7.99. The molecule has 2 fully saturated rings. The number of piperidine rings is 1. The van der Waals surface area contributed by atoms with Crippen molar-refractivity contribution in [3.63, 3.8) is 0 Å². The average molecular weight is 294 g/mol. The minimum absolute atomic E-state index is 0.233. The molecule has 0 saturated carbocycles. The highest BCUT2D eigenvalue weighted by Gasteiger charge is 2.39. The van der Waals surface area contributed by atoms with Crippen molar-refractivity contribution in [2.45, 2.75) is 56.7 Å². The van der Waals surface area contributed by atoms with E-state index in [0.29, 0.717) is 18.1 Å². The van der Waals surface area contributed by atoms with Crippen LogP contribution < -0.4 is 5.56 Å². The molecule has 2 aromatic rings. The van der Waals surface area contributed by atoms with Crippen LogP contribution in [0.5, 0.6) is 0 Å². The first-order valence-electron chi connectivity index (χ1n) is 8.60. The molecule has 1 aromatic heterocycles. The second-order valence-electron chi connectivity index (χ2n) is 7.38. The van der Waals surface area contributed by atoms with Crippen molar-refractivity contribution in [2.24, 2.45) is 0 Å². The smallest absolute Gasteiger partial charge is 0.258 e. The predicted molar refractivity (Wildman–Crippen MR) is 88.5 cm³/mol. The summed E-state index contributed by atoms with van der Waals surface area (Å²) in [7, 11) is 2.26. The van der Waals surface area contributed by atoms with Crippen LogP contribution in [0.25, 0.3) is 10.8 Å². The van der Waals surface area contributed by atoms with Gasteiger partial charge < -0.3 is 9.47 Å². The Balaban J connectivity index is 1.65. The van der Waals surface area contributed by atoms with Gasteiger partial charge in [-0.25, -0.2) is 0 Å². The molecule has 3 heterocycles. The van der Waals surface area contributed by atoms with Crippen molar-refractivity contribution in [3.8, 4) is 0 Å². The van der Waals surface area contributed by atoms with Crippen LogP contribution in [0.15, 0.2) is 29.2 Å². The summed E-state index contributed by atoms with van der Waals surface area (Å²) in [5.74, 6) is 0. The number of aryl methyl sites for hydroxylation is 2. The molecule has 0 radical (unpaired) electrons. The summed E-state index contributed by atoms with van der Waals surface area (Å²) < 4.78 is 2.09. The fraction of sp³-hybridized carbons (Fsp3) is 0.526. The third-order valence-electron chi connectivity index (χ3n) is 6.36. The largest absolute Gasteiger partial charge is 0.312 e. The lowest BCUT2D eigenvalue weighted by molar-refractivity contribution is 0.136. The Labute approximate surface area is 130 Å². The Hall–Kier alpha value is -1.61. The van der Waals surface area contributed by atoms with Gasteiger partial charge in [0.1, 0.15) is 0 Å². The van der Waals surface area contributed by atoms with Gasteiger partial charge in [0.15, 0.2) is 0 Å². The maximum absolute atomic E-state index is 13.0. The summed E-state index contributed by atoms with van der Waals surface area (Å²) in [6.07, 6.45) is 9.25. The molecule has 114 valence electrons. The third kappa shape index (κ3) is 1.63. The van der Waals surface area contributed by atoms with E-state index in [-0.39, 0.29) is 5.56 Å². The van der Waals surface area contributed by atoms with Gasteiger partial charge in [-0.1, -0.05) is 12.1 Å². The molecule has 1 aromatic carbocycles. The zero-order chi connectivity index (χ0) is 14.8. The highest BCUT2D eigenvalue weighted by Crippen LogP contribution is 2.40. The quantitative estimate of drug-likeness (QED) is 0.808. The van der Waals surface area contributed by atoms with Crippen molar-refractivity contribution in [3.05, 3.63) is 45.9 Å². The number of hydrogen-bond donors (Lipinski definition) is 0. The Kier molecular flexibility index (Phi) is 2.61. The van der Waals surface area contributed by atoms with Crippen molar-refractivity contribution in [1.82, 2.24) is 9.47 Å². The minimum atomic E-state index is 0.233. The van der Waals surface area contributed by atoms with Crippen LogP contribution in [-0.4, -0.2) is 28.6 Å². The number of pyridine rings is 1. The normalized spacial score (nSPS) is 30.3. The van der Waals surface area contributed by atoms with Crippen LogP contribution >= 0.6 is 0 Å². The lowest BCUT2D eigenvalue weighted by Crippen LogP contribution is -2.42. The Bertz CT molecular complexity index is 808. The van der Waals surface area contributed by atoms with E-state index in [1.54, 1.807) is 0 Å². The van der Waals surface area contributed by atoms with Gasteiger partial charge in [0, 0.05) is 29.7 Å². The van der Waals surface area contributed by atoms with Crippen LogP contribution in [0.2, 0.25) is 0 Å². The first-order valence-corrected chi connectivity index (χ1v) is 8.60. The van der Waals surface area contributed by atoms with Gasteiger partial charge in [-0.05, 0) is 68.2 Å². The molecule has 5 rings (SSSR count). The molecule has 3 nitrogen and oxygen atoms in total. The average Bonchev–Trinajstić information content (AvgIpc) is 3.00. The number of nitrogens with zero attached hydrogens (tertiary/aromatic N) is 2. The number of hydrogen-bond acceptors (Lipinski definition) is 2. The second kappa shape index (κ2) is 4.45. The van der Waals surface area contributed by atoms with Gasteiger partial charge in [-0.2, -0.15) is 0 Å². The van der Waals surface area contributed by atoms with Gasteiger partial charge >= 0.3 is 0 Å². The first kappa shape index (κ1) is 12.9. The monoisotopic (exact) mass is 294 g/mol. The Morgan fingerprint density at radius 2 is 1.73 bits per heavy atom. The van der Waals surface area contributed by atoms with E-state index >= 15 is 0 Å². The summed E-state index contributed by atoms with van der Waals surface area (Å²) in [6.45, 7) is 0. The molecule has 2 atom stereocenters. The SMILES string of the molecule is CN1C2CCC1CC(n1cc3c4c(cccc4c1=O)CC3)C2. The third-order valence-corrected chi connectivity index (χ3v) is 6.36. The zero-order valence-corrected chi connectivity index (χ0v) is 13.1. The minimum Gasteiger partial charge on any atom is -0.312 e. The lowest BCUT2D eigenvalue weighted by atomic mass is 9.97. The highest BCUT2D eigenvalue weighted by molar-refractivity contribution is 5.89. The van der Waals surface area contributed by atoms with E-state index in [9.17, 15) is 4.79 Å². The van der Waals surface area contributed by atoms with Gasteiger partial charge in [-0.15, -0.1) is 0 Å². The van der Waals surface area contributed by atoms with Crippen molar-refractivity contribution in [1.29, 1.82) is 0 Å². The number of aromatic nitrogens is 1. The lowest BCUT2D eigenvalue weighted by Gasteiger charge is -2.37. The molecule has 2 aliphatic heterocycles. The highest BCUT2D eigenvalue weighted by atomic mass is 16.1. The maximum atomic E-state index is 13.0. The molecule has 0 spiro atoms. The molecule has 22 heavy (non-hydrogen) atoms. The van der Waals surface area contributed by atoms with E-state index in [0.717, 1.165) is 31.1 Å². The van der Waals surface area contributed by atoms with E-state index in [4.69, 9.17) is 0 Å². The van der Waals surface area contributed by atoms with E-state index < -0.39 is 0 Å². The first-order chi connectivity index (χ1) is 10.7. The number of rotatable bonds is 1. The van der Waals surface area contributed by atoms with Crippen LogP contribution in [-0.2, 0) is 12.8 Å². The molecule has 3 heteroatoms. The van der Waals surface area contributed by atoms with Crippen LogP contribution in [0, 0.1) is 0 Å². The summed E-state index contributed by atoms with van der Waals surface area (Å²) in [5.41, 5.74) is 2.98. The Morgan fingerprint density at radius 1 is 1.00 bits per heavy atom. The van der Waals surface area contributed by atoms with Crippen molar-refractivity contribution < 1.29 is 0 Å². The van der Waals surface area contributed by atoms with E-state index in [2.05, 4.69) is 34.8 Å². The van der Waals surface area contributed by atoms with Crippen molar-refractivity contribution in [2.75, 3.05) is 7.05 Å². The van der Waals surface area contributed by atoms with E-state index in [1.807, 2.05) is 6.07 Å². The molecular formula is C19H22N2O. The van der Waals surface area contributed by atoms with Gasteiger partial charge in [0.25, 0.3) is 5.56 Å².